The smallest absolute Gasteiger partial charge is 0.230 e. The van der Waals surface area contributed by atoms with E-state index in [2.05, 4.69) is 10.1 Å². The molecule has 3 aromatic rings. The molecule has 0 N–H and O–H groups in total. The highest BCUT2D eigenvalue weighted by Crippen LogP contribution is 2.29. The summed E-state index contributed by atoms with van der Waals surface area (Å²) >= 11 is 5.93. The molecule has 4 rings (SSSR count). The van der Waals surface area contributed by atoms with Crippen molar-refractivity contribution >= 4 is 17.5 Å². The fourth-order valence-corrected chi connectivity index (χ4v) is 3.82. The molecule has 1 aliphatic rings. The third kappa shape index (κ3) is 4.82. The lowest BCUT2D eigenvalue weighted by molar-refractivity contribution is -0.132. The number of carbonyl (C=O) groups is 1. The minimum atomic E-state index is 0.184. The maximum absolute atomic E-state index is 12.6. The van der Waals surface area contributed by atoms with E-state index in [9.17, 15) is 4.79 Å². The highest BCUT2D eigenvalue weighted by Gasteiger charge is 2.27. The number of ether oxygens (including phenoxy) is 1. The molecular weight excluding hydrogens is 402 g/mol. The number of likely N-dealkylation sites (tertiary alicyclic amines) is 1. The summed E-state index contributed by atoms with van der Waals surface area (Å²) in [6, 6.07) is 15.2. The van der Waals surface area contributed by atoms with Gasteiger partial charge in [0.15, 0.2) is 0 Å². The van der Waals surface area contributed by atoms with Gasteiger partial charge in [-0.3, -0.25) is 4.79 Å². The number of hydrogen-bond donors (Lipinski definition) is 0. The van der Waals surface area contributed by atoms with E-state index in [1.165, 1.54) is 0 Å². The Balaban J connectivity index is 1.28. The number of hydrogen-bond acceptors (Lipinski definition) is 5. The highest BCUT2D eigenvalue weighted by atomic mass is 35.5. The molecule has 0 saturated carbocycles. The van der Waals surface area contributed by atoms with Crippen molar-refractivity contribution < 1.29 is 14.1 Å². The monoisotopic (exact) mass is 425 g/mol. The third-order valence-electron chi connectivity index (χ3n) is 5.53. The first-order valence-corrected chi connectivity index (χ1v) is 10.5. The number of methoxy groups -OCH3 is 1. The van der Waals surface area contributed by atoms with Crippen LogP contribution < -0.4 is 4.74 Å². The molecule has 0 radical (unpaired) electrons. The maximum atomic E-state index is 12.6. The first-order valence-electron chi connectivity index (χ1n) is 10.1. The molecule has 0 atom stereocenters. The summed E-state index contributed by atoms with van der Waals surface area (Å²) in [6.45, 7) is 1.43. The van der Waals surface area contributed by atoms with E-state index < -0.39 is 0 Å². The van der Waals surface area contributed by atoms with Crippen LogP contribution in [0.2, 0.25) is 5.02 Å². The van der Waals surface area contributed by atoms with Gasteiger partial charge in [0.05, 0.1) is 7.11 Å². The average molecular weight is 426 g/mol. The summed E-state index contributed by atoms with van der Waals surface area (Å²) in [5.41, 5.74) is 2.01. The molecule has 0 aliphatic carbocycles. The molecular formula is C23H24ClN3O3. The normalized spacial score (nSPS) is 14.7. The van der Waals surface area contributed by atoms with Gasteiger partial charge in [-0.05, 0) is 61.2 Å². The molecule has 1 fully saturated rings. The topological polar surface area (TPSA) is 68.5 Å². The van der Waals surface area contributed by atoms with Gasteiger partial charge in [0, 0.05) is 36.0 Å². The van der Waals surface area contributed by atoms with Gasteiger partial charge in [-0.15, -0.1) is 0 Å². The number of benzene rings is 2. The lowest BCUT2D eigenvalue weighted by atomic mass is 9.96. The van der Waals surface area contributed by atoms with Gasteiger partial charge in [-0.25, -0.2) is 0 Å². The van der Waals surface area contributed by atoms with Crippen molar-refractivity contribution in [3.8, 4) is 17.1 Å². The Morgan fingerprint density at radius 1 is 1.13 bits per heavy atom. The van der Waals surface area contributed by atoms with Gasteiger partial charge >= 0.3 is 0 Å². The zero-order valence-electron chi connectivity index (χ0n) is 16.9. The van der Waals surface area contributed by atoms with Crippen LogP contribution in [0.5, 0.6) is 5.75 Å². The van der Waals surface area contributed by atoms with Gasteiger partial charge < -0.3 is 14.2 Å². The van der Waals surface area contributed by atoms with Crippen molar-refractivity contribution in [3.05, 3.63) is 65.0 Å². The number of halogens is 1. The molecule has 0 bridgehead atoms. The number of carbonyl (C=O) groups excluding carboxylic acids is 1. The van der Waals surface area contributed by atoms with Gasteiger partial charge in [0.1, 0.15) is 5.75 Å². The molecule has 156 valence electrons. The van der Waals surface area contributed by atoms with Crippen LogP contribution in [0.4, 0.5) is 0 Å². The van der Waals surface area contributed by atoms with Crippen LogP contribution in [0.1, 0.15) is 36.6 Å². The molecule has 6 nitrogen and oxygen atoms in total. The van der Waals surface area contributed by atoms with E-state index in [0.717, 1.165) is 36.1 Å². The van der Waals surface area contributed by atoms with E-state index in [0.29, 0.717) is 36.2 Å². The van der Waals surface area contributed by atoms with Crippen LogP contribution in [-0.4, -0.2) is 41.1 Å². The minimum absolute atomic E-state index is 0.184. The van der Waals surface area contributed by atoms with Crippen molar-refractivity contribution in [3.63, 3.8) is 0 Å². The molecule has 1 amide bonds. The van der Waals surface area contributed by atoms with Gasteiger partial charge in [-0.2, -0.15) is 4.98 Å². The fourth-order valence-electron chi connectivity index (χ4n) is 3.69. The standard InChI is InChI=1S/C23H24ClN3O3/c1-29-20-9-2-16(3-10-20)4-11-21(28)27-14-12-18(13-15-27)23-25-22(26-30-23)17-5-7-19(24)8-6-17/h2-3,5-10,18H,4,11-15H2,1H3. The van der Waals surface area contributed by atoms with Crippen molar-refractivity contribution in [1.82, 2.24) is 15.0 Å². The Kier molecular flexibility index (Phi) is 6.33. The highest BCUT2D eigenvalue weighted by molar-refractivity contribution is 6.30. The predicted molar refractivity (Wildman–Crippen MR) is 115 cm³/mol. The van der Waals surface area contributed by atoms with Crippen LogP contribution >= 0.6 is 11.6 Å². The van der Waals surface area contributed by atoms with Crippen LogP contribution in [0.15, 0.2) is 53.1 Å². The summed E-state index contributed by atoms with van der Waals surface area (Å²) in [5, 5.41) is 4.77. The van der Waals surface area contributed by atoms with Gasteiger partial charge in [0.25, 0.3) is 0 Å². The first kappa shape index (κ1) is 20.4. The number of aromatic nitrogens is 2. The Morgan fingerprint density at radius 3 is 2.50 bits per heavy atom. The van der Waals surface area contributed by atoms with Crippen molar-refractivity contribution in [2.45, 2.75) is 31.6 Å². The lowest BCUT2D eigenvalue weighted by Crippen LogP contribution is -2.38. The van der Waals surface area contributed by atoms with E-state index >= 15 is 0 Å². The van der Waals surface area contributed by atoms with Crippen molar-refractivity contribution in [1.29, 1.82) is 0 Å². The van der Waals surface area contributed by atoms with E-state index in [1.807, 2.05) is 53.4 Å². The Labute approximate surface area is 180 Å². The number of rotatable bonds is 6. The van der Waals surface area contributed by atoms with Gasteiger partial charge in [-0.1, -0.05) is 28.9 Å². The quantitative estimate of drug-likeness (QED) is 0.570. The summed E-state index contributed by atoms with van der Waals surface area (Å²) < 4.78 is 10.7. The molecule has 2 heterocycles. The summed E-state index contributed by atoms with van der Waals surface area (Å²) in [6.07, 6.45) is 2.90. The molecule has 1 saturated heterocycles. The predicted octanol–water partition coefficient (Wildman–Crippen LogP) is 4.74. The number of nitrogens with zero attached hydrogens (tertiary/aromatic N) is 3. The Hall–Kier alpha value is -2.86. The zero-order chi connectivity index (χ0) is 20.9. The van der Waals surface area contributed by atoms with Crippen LogP contribution in [0.25, 0.3) is 11.4 Å². The molecule has 7 heteroatoms. The largest absolute Gasteiger partial charge is 0.497 e. The summed E-state index contributed by atoms with van der Waals surface area (Å²) in [4.78, 5) is 19.1. The lowest BCUT2D eigenvalue weighted by Gasteiger charge is -2.30. The molecule has 1 aliphatic heterocycles. The number of amides is 1. The Bertz CT molecular complexity index is 978. The molecule has 1 aromatic heterocycles. The third-order valence-corrected chi connectivity index (χ3v) is 5.78. The SMILES string of the molecule is COc1ccc(CCC(=O)N2CCC(c3nc(-c4ccc(Cl)cc4)no3)CC2)cc1. The number of piperidine rings is 1. The maximum Gasteiger partial charge on any atom is 0.230 e. The second-order valence-electron chi connectivity index (χ2n) is 7.47. The van der Waals surface area contributed by atoms with E-state index in [-0.39, 0.29) is 11.8 Å². The molecule has 2 aromatic carbocycles. The molecule has 0 unspecified atom stereocenters. The fraction of sp³-hybridized carbons (Fsp3) is 0.348. The van der Waals surface area contributed by atoms with Crippen LogP contribution in [0.3, 0.4) is 0 Å². The second kappa shape index (κ2) is 9.30. The molecule has 30 heavy (non-hydrogen) atoms. The van der Waals surface area contributed by atoms with Crippen LogP contribution in [-0.2, 0) is 11.2 Å². The van der Waals surface area contributed by atoms with Gasteiger partial charge in [0.2, 0.25) is 17.6 Å². The molecule has 0 spiro atoms. The summed E-state index contributed by atoms with van der Waals surface area (Å²) in [5.74, 6) is 2.41. The van der Waals surface area contributed by atoms with Crippen molar-refractivity contribution in [2.75, 3.05) is 20.2 Å². The number of aryl methyl sites for hydroxylation is 1. The zero-order valence-corrected chi connectivity index (χ0v) is 17.6. The van der Waals surface area contributed by atoms with E-state index in [1.54, 1.807) is 7.11 Å². The van der Waals surface area contributed by atoms with Crippen molar-refractivity contribution in [2.24, 2.45) is 0 Å². The average Bonchev–Trinajstić information content (AvgIpc) is 3.29. The second-order valence-corrected chi connectivity index (χ2v) is 7.90. The van der Waals surface area contributed by atoms with Crippen LogP contribution in [0, 0.1) is 0 Å². The minimum Gasteiger partial charge on any atom is -0.497 e. The Morgan fingerprint density at radius 2 is 1.83 bits per heavy atom. The van der Waals surface area contributed by atoms with E-state index in [4.69, 9.17) is 20.9 Å². The summed E-state index contributed by atoms with van der Waals surface area (Å²) in [7, 11) is 1.65. The first-order chi connectivity index (χ1) is 14.6.